The summed E-state index contributed by atoms with van der Waals surface area (Å²) in [5.74, 6) is -0.641. The molecule has 96 valence electrons. The number of nitrogens with one attached hydrogen (secondary N) is 1. The highest BCUT2D eigenvalue weighted by Gasteiger charge is 2.21. The van der Waals surface area contributed by atoms with Gasteiger partial charge in [0.1, 0.15) is 0 Å². The van der Waals surface area contributed by atoms with Crippen LogP contribution >= 0.6 is 0 Å². The molecule has 2 N–H and O–H groups in total. The van der Waals surface area contributed by atoms with Crippen LogP contribution < -0.4 is 5.32 Å². The van der Waals surface area contributed by atoms with E-state index in [0.717, 1.165) is 19.3 Å². The molecule has 1 fully saturated rings. The Hall–Kier alpha value is -1.32. The van der Waals surface area contributed by atoms with Gasteiger partial charge in [-0.1, -0.05) is 19.8 Å². The maximum atomic E-state index is 11.8. The van der Waals surface area contributed by atoms with Crippen LogP contribution in [-0.4, -0.2) is 23.0 Å². The fourth-order valence-electron chi connectivity index (χ4n) is 2.19. The van der Waals surface area contributed by atoms with Gasteiger partial charge in [-0.05, 0) is 32.6 Å². The predicted molar refractivity (Wildman–Crippen MR) is 65.6 cm³/mol. The fourth-order valence-corrected chi connectivity index (χ4v) is 2.19. The van der Waals surface area contributed by atoms with Gasteiger partial charge in [0, 0.05) is 17.2 Å². The average Bonchev–Trinajstić information content (AvgIpc) is 2.26. The monoisotopic (exact) mass is 239 g/mol. The molecule has 2 atom stereocenters. The van der Waals surface area contributed by atoms with Crippen LogP contribution in [-0.2, 0) is 9.59 Å². The van der Waals surface area contributed by atoms with Crippen molar-refractivity contribution in [3.63, 3.8) is 0 Å². The van der Waals surface area contributed by atoms with E-state index in [1.165, 1.54) is 13.3 Å². The van der Waals surface area contributed by atoms with Crippen molar-refractivity contribution >= 4 is 11.9 Å². The van der Waals surface area contributed by atoms with Crippen LogP contribution in [0.1, 0.15) is 46.5 Å². The van der Waals surface area contributed by atoms with Gasteiger partial charge >= 0.3 is 5.97 Å². The number of carboxylic acids is 1. The molecular formula is C13H21NO3. The number of carbonyl (C=O) groups is 2. The molecule has 0 radical (unpaired) electrons. The van der Waals surface area contributed by atoms with Crippen LogP contribution in [0.4, 0.5) is 0 Å². The van der Waals surface area contributed by atoms with Gasteiger partial charge in [0.15, 0.2) is 0 Å². The average molecular weight is 239 g/mol. The summed E-state index contributed by atoms with van der Waals surface area (Å²) in [7, 11) is 0. The lowest BCUT2D eigenvalue weighted by Gasteiger charge is -2.27. The summed E-state index contributed by atoms with van der Waals surface area (Å²) < 4.78 is 0. The molecule has 1 aliphatic carbocycles. The van der Waals surface area contributed by atoms with Gasteiger partial charge in [0.05, 0.1) is 0 Å². The number of hydrogen-bond donors (Lipinski definition) is 2. The summed E-state index contributed by atoms with van der Waals surface area (Å²) in [4.78, 5) is 22.6. The Morgan fingerprint density at radius 1 is 1.18 bits per heavy atom. The number of carboxylic acid groups (broad SMARTS) is 1. The quantitative estimate of drug-likeness (QED) is 0.741. The Balaban J connectivity index is 2.60. The Morgan fingerprint density at radius 2 is 1.82 bits per heavy atom. The zero-order valence-electron chi connectivity index (χ0n) is 10.7. The molecule has 0 aromatic carbocycles. The van der Waals surface area contributed by atoms with E-state index in [0.29, 0.717) is 11.5 Å². The Bertz CT molecular complexity index is 347. The Kier molecular flexibility index (Phi) is 4.73. The first-order chi connectivity index (χ1) is 7.91. The number of rotatable bonds is 3. The second-order valence-electron chi connectivity index (χ2n) is 5.00. The molecule has 0 aliphatic heterocycles. The molecule has 1 amide bonds. The summed E-state index contributed by atoms with van der Waals surface area (Å²) in [6.45, 7) is 5.20. The number of hydrogen-bond acceptors (Lipinski definition) is 2. The maximum Gasteiger partial charge on any atom is 0.331 e. The van der Waals surface area contributed by atoms with Crippen LogP contribution in [0.25, 0.3) is 0 Å². The maximum absolute atomic E-state index is 11.8. The lowest BCUT2D eigenvalue weighted by Crippen LogP contribution is -2.38. The Labute approximate surface area is 102 Å². The van der Waals surface area contributed by atoms with Gasteiger partial charge in [-0.3, -0.25) is 4.79 Å². The minimum atomic E-state index is -1.03. The molecular weight excluding hydrogens is 218 g/mol. The summed E-state index contributed by atoms with van der Waals surface area (Å²) in [5, 5.41) is 11.7. The minimum absolute atomic E-state index is 0.117. The van der Waals surface area contributed by atoms with Crippen LogP contribution in [0.5, 0.6) is 0 Å². The largest absolute Gasteiger partial charge is 0.478 e. The minimum Gasteiger partial charge on any atom is -0.478 e. The molecule has 0 heterocycles. The van der Waals surface area contributed by atoms with Gasteiger partial charge in [0.2, 0.25) is 5.91 Å². The molecule has 4 nitrogen and oxygen atoms in total. The smallest absolute Gasteiger partial charge is 0.331 e. The zero-order chi connectivity index (χ0) is 13.0. The van der Waals surface area contributed by atoms with E-state index in [4.69, 9.17) is 5.11 Å². The molecule has 1 rings (SSSR count). The van der Waals surface area contributed by atoms with Crippen LogP contribution in [0.15, 0.2) is 11.1 Å². The summed E-state index contributed by atoms with van der Waals surface area (Å²) in [6, 6.07) is 0.197. The SMILES string of the molecule is CC(C(=O)O)=C(C)C(=O)NC1CCCC(C)C1. The van der Waals surface area contributed by atoms with Crippen molar-refractivity contribution in [3.05, 3.63) is 11.1 Å². The van der Waals surface area contributed by atoms with Crippen molar-refractivity contribution < 1.29 is 14.7 Å². The van der Waals surface area contributed by atoms with Crippen LogP contribution in [0.3, 0.4) is 0 Å². The molecule has 0 bridgehead atoms. The van der Waals surface area contributed by atoms with Gasteiger partial charge in [-0.2, -0.15) is 0 Å². The van der Waals surface area contributed by atoms with Crippen molar-refractivity contribution in [1.82, 2.24) is 5.32 Å². The first-order valence-electron chi connectivity index (χ1n) is 6.13. The second kappa shape index (κ2) is 5.84. The number of aliphatic carboxylic acids is 1. The number of amides is 1. The molecule has 1 saturated carbocycles. The van der Waals surface area contributed by atoms with E-state index in [-0.39, 0.29) is 17.5 Å². The van der Waals surface area contributed by atoms with Crippen LogP contribution in [0, 0.1) is 5.92 Å². The molecule has 1 aliphatic rings. The molecule has 0 saturated heterocycles. The third-order valence-corrected chi connectivity index (χ3v) is 3.50. The predicted octanol–water partition coefficient (Wildman–Crippen LogP) is 2.10. The van der Waals surface area contributed by atoms with E-state index >= 15 is 0 Å². The van der Waals surface area contributed by atoms with Gasteiger partial charge < -0.3 is 10.4 Å². The van der Waals surface area contributed by atoms with Crippen molar-refractivity contribution in [2.75, 3.05) is 0 Å². The van der Waals surface area contributed by atoms with E-state index < -0.39 is 5.97 Å². The van der Waals surface area contributed by atoms with Crippen molar-refractivity contribution in [1.29, 1.82) is 0 Å². The van der Waals surface area contributed by atoms with Crippen molar-refractivity contribution in [2.45, 2.75) is 52.5 Å². The Morgan fingerprint density at radius 3 is 2.35 bits per heavy atom. The van der Waals surface area contributed by atoms with E-state index in [2.05, 4.69) is 12.2 Å². The van der Waals surface area contributed by atoms with Gasteiger partial charge in [0.25, 0.3) is 0 Å². The third-order valence-electron chi connectivity index (χ3n) is 3.50. The van der Waals surface area contributed by atoms with Crippen molar-refractivity contribution in [2.24, 2.45) is 5.92 Å². The second-order valence-corrected chi connectivity index (χ2v) is 5.00. The summed E-state index contributed by atoms with van der Waals surface area (Å²) in [5.41, 5.74) is 0.419. The molecule has 4 heteroatoms. The van der Waals surface area contributed by atoms with E-state index in [9.17, 15) is 9.59 Å². The standard InChI is InChI=1S/C13H21NO3/c1-8-5-4-6-11(7-8)14-12(15)9(2)10(3)13(16)17/h8,11H,4-7H2,1-3H3,(H,14,15)(H,16,17). The summed E-state index contributed by atoms with van der Waals surface area (Å²) in [6.07, 6.45) is 4.34. The molecule has 2 unspecified atom stereocenters. The van der Waals surface area contributed by atoms with Crippen LogP contribution in [0.2, 0.25) is 0 Å². The van der Waals surface area contributed by atoms with Gasteiger partial charge in [-0.15, -0.1) is 0 Å². The fraction of sp³-hybridized carbons (Fsp3) is 0.692. The topological polar surface area (TPSA) is 66.4 Å². The summed E-state index contributed by atoms with van der Waals surface area (Å²) >= 11 is 0. The normalized spacial score (nSPS) is 26.1. The first-order valence-corrected chi connectivity index (χ1v) is 6.13. The highest BCUT2D eigenvalue weighted by molar-refractivity contribution is 6.01. The highest BCUT2D eigenvalue weighted by Crippen LogP contribution is 2.23. The van der Waals surface area contributed by atoms with E-state index in [1.807, 2.05) is 0 Å². The third kappa shape index (κ3) is 3.88. The molecule has 0 aromatic rings. The highest BCUT2D eigenvalue weighted by atomic mass is 16.4. The first kappa shape index (κ1) is 13.7. The lowest BCUT2D eigenvalue weighted by atomic mass is 9.87. The number of carbonyl (C=O) groups excluding carboxylic acids is 1. The van der Waals surface area contributed by atoms with Gasteiger partial charge in [-0.25, -0.2) is 4.79 Å². The molecule has 0 spiro atoms. The zero-order valence-corrected chi connectivity index (χ0v) is 10.7. The van der Waals surface area contributed by atoms with E-state index in [1.54, 1.807) is 6.92 Å². The molecule has 17 heavy (non-hydrogen) atoms. The van der Waals surface area contributed by atoms with Crippen molar-refractivity contribution in [3.8, 4) is 0 Å². The molecule has 0 aromatic heterocycles. The lowest BCUT2D eigenvalue weighted by molar-refractivity contribution is -0.133.